The van der Waals surface area contributed by atoms with Crippen LogP contribution in [0, 0.1) is 5.92 Å². The monoisotopic (exact) mass is 737 g/mol. The SMILES string of the molecule is C[C@H]1[C@H]([Si](C)(C)O)[C@@H](CC(=O)N2Cc3ccccc3C[C@H]2CO)O[C@]12C(=O)N(Cc1ccccc1)c1ccc(N3C(=O)c4cccc5cccc3c45)cc12. The Hall–Kier alpha value is -5.13. The predicted molar refractivity (Wildman–Crippen MR) is 210 cm³/mol. The second kappa shape index (κ2) is 12.7. The van der Waals surface area contributed by atoms with E-state index in [-0.39, 0.29) is 36.8 Å². The van der Waals surface area contributed by atoms with Crippen molar-refractivity contribution in [3.8, 4) is 0 Å². The first kappa shape index (κ1) is 34.6. The van der Waals surface area contributed by atoms with Crippen LogP contribution >= 0.6 is 0 Å². The first-order chi connectivity index (χ1) is 26.0. The Morgan fingerprint density at radius 2 is 1.61 bits per heavy atom. The van der Waals surface area contributed by atoms with Crippen LogP contribution in [0.4, 0.5) is 17.1 Å². The third-order valence-corrected chi connectivity index (χ3v) is 14.7. The van der Waals surface area contributed by atoms with Gasteiger partial charge in [-0.2, -0.15) is 0 Å². The fraction of sp³-hybridized carbons (Fsp3) is 0.295. The highest BCUT2D eigenvalue weighted by molar-refractivity contribution is 6.71. The Bertz CT molecular complexity index is 2340. The van der Waals surface area contributed by atoms with Crippen LogP contribution in [0.15, 0.2) is 109 Å². The maximum absolute atomic E-state index is 15.2. The minimum absolute atomic E-state index is 0.0463. The number of amides is 3. The summed E-state index contributed by atoms with van der Waals surface area (Å²) in [5.74, 6) is -1.08. The lowest BCUT2D eigenvalue weighted by Gasteiger charge is -2.37. The highest BCUT2D eigenvalue weighted by Gasteiger charge is 2.66. The van der Waals surface area contributed by atoms with Crippen LogP contribution < -0.4 is 9.80 Å². The number of rotatable bonds is 7. The van der Waals surface area contributed by atoms with Gasteiger partial charge >= 0.3 is 0 Å². The average molecular weight is 738 g/mol. The number of ether oxygens (including phenoxy) is 1. The van der Waals surface area contributed by atoms with Gasteiger partial charge in [0.2, 0.25) is 5.91 Å². The molecule has 0 radical (unpaired) electrons. The van der Waals surface area contributed by atoms with E-state index in [1.165, 1.54) is 0 Å². The second-order valence-electron chi connectivity index (χ2n) is 15.8. The van der Waals surface area contributed by atoms with Gasteiger partial charge in [-0.15, -0.1) is 0 Å². The van der Waals surface area contributed by atoms with Crippen molar-refractivity contribution >= 4 is 53.9 Å². The molecule has 0 unspecified atom stereocenters. The molecule has 1 fully saturated rings. The zero-order valence-corrected chi connectivity index (χ0v) is 31.6. The van der Waals surface area contributed by atoms with E-state index >= 15 is 4.79 Å². The molecule has 3 amide bonds. The lowest BCUT2D eigenvalue weighted by atomic mass is 9.82. The number of carbonyl (C=O) groups excluding carboxylic acids is 3. The van der Waals surface area contributed by atoms with Crippen molar-refractivity contribution in [3.05, 3.63) is 137 Å². The molecule has 0 aromatic heterocycles. The van der Waals surface area contributed by atoms with Crippen molar-refractivity contribution in [1.29, 1.82) is 0 Å². The number of hydrogen-bond acceptors (Lipinski definition) is 6. The normalized spacial score (nSPS) is 24.5. The lowest BCUT2D eigenvalue weighted by molar-refractivity contribution is -0.151. The van der Waals surface area contributed by atoms with Crippen molar-refractivity contribution in [2.24, 2.45) is 5.92 Å². The van der Waals surface area contributed by atoms with Gasteiger partial charge in [0.15, 0.2) is 13.9 Å². The van der Waals surface area contributed by atoms with Gasteiger partial charge in [-0.25, -0.2) is 0 Å². The van der Waals surface area contributed by atoms with Crippen LogP contribution in [0.3, 0.4) is 0 Å². The fourth-order valence-corrected chi connectivity index (χ4v) is 12.4. The van der Waals surface area contributed by atoms with Gasteiger partial charge in [-0.1, -0.05) is 85.8 Å². The van der Waals surface area contributed by atoms with E-state index < -0.39 is 31.5 Å². The Labute approximate surface area is 315 Å². The summed E-state index contributed by atoms with van der Waals surface area (Å²) in [4.78, 5) is 60.8. The molecule has 4 aliphatic heterocycles. The minimum Gasteiger partial charge on any atom is -0.432 e. The smallest absolute Gasteiger partial charge is 0.264 e. The summed E-state index contributed by atoms with van der Waals surface area (Å²) >= 11 is 0. The largest absolute Gasteiger partial charge is 0.432 e. The van der Waals surface area contributed by atoms with Crippen molar-refractivity contribution in [2.45, 2.75) is 69.2 Å². The molecule has 2 N–H and O–H groups in total. The van der Waals surface area contributed by atoms with Gasteiger partial charge in [0.1, 0.15) is 0 Å². The Morgan fingerprint density at radius 1 is 0.889 bits per heavy atom. The first-order valence-electron chi connectivity index (χ1n) is 18.7. The minimum atomic E-state index is -3.10. The zero-order valence-electron chi connectivity index (χ0n) is 30.6. The van der Waals surface area contributed by atoms with Gasteiger partial charge in [0, 0.05) is 34.6 Å². The zero-order chi connectivity index (χ0) is 37.5. The van der Waals surface area contributed by atoms with E-state index in [2.05, 4.69) is 0 Å². The van der Waals surface area contributed by atoms with Crippen LogP contribution in [-0.4, -0.2) is 59.6 Å². The molecular weight excluding hydrogens is 695 g/mol. The van der Waals surface area contributed by atoms with Crippen LogP contribution in [0.1, 0.15) is 46.0 Å². The Balaban J connectivity index is 1.14. The molecule has 0 bridgehead atoms. The molecule has 0 saturated carbocycles. The van der Waals surface area contributed by atoms with E-state index in [4.69, 9.17) is 4.74 Å². The summed E-state index contributed by atoms with van der Waals surface area (Å²) in [5, 5.41) is 12.2. The van der Waals surface area contributed by atoms with Crippen LogP contribution in [-0.2, 0) is 39.4 Å². The number of fused-ring (bicyclic) bond motifs is 3. The van der Waals surface area contributed by atoms with Crippen LogP contribution in [0.5, 0.6) is 0 Å². The predicted octanol–water partition coefficient (Wildman–Crippen LogP) is 6.81. The van der Waals surface area contributed by atoms with Gasteiger partial charge in [0.25, 0.3) is 11.8 Å². The van der Waals surface area contributed by atoms with Crippen molar-refractivity contribution in [2.75, 3.05) is 16.4 Å². The molecule has 4 aliphatic rings. The first-order valence-corrected chi connectivity index (χ1v) is 21.8. The molecule has 274 valence electrons. The molecule has 4 heterocycles. The molecule has 5 aromatic carbocycles. The molecule has 9 nitrogen and oxygen atoms in total. The summed E-state index contributed by atoms with van der Waals surface area (Å²) in [7, 11) is -3.10. The number of nitrogens with zero attached hydrogens (tertiary/aromatic N) is 3. The molecule has 9 rings (SSSR count). The summed E-state index contributed by atoms with van der Waals surface area (Å²) in [6, 6.07) is 34.7. The van der Waals surface area contributed by atoms with Crippen LogP contribution in [0.25, 0.3) is 10.8 Å². The highest BCUT2D eigenvalue weighted by atomic mass is 28.4. The lowest BCUT2D eigenvalue weighted by Crippen LogP contribution is -2.48. The topological polar surface area (TPSA) is 111 Å². The number of benzene rings is 5. The summed E-state index contributed by atoms with van der Waals surface area (Å²) in [6.45, 7) is 6.16. The number of anilines is 3. The molecule has 5 atom stereocenters. The molecule has 10 heteroatoms. The van der Waals surface area contributed by atoms with E-state index in [1.54, 1.807) is 14.7 Å². The molecule has 54 heavy (non-hydrogen) atoms. The van der Waals surface area contributed by atoms with Crippen molar-refractivity contribution < 1.29 is 29.0 Å². The van der Waals surface area contributed by atoms with Gasteiger partial charge in [-0.05, 0) is 71.9 Å². The Kier molecular flexibility index (Phi) is 8.16. The van der Waals surface area contributed by atoms with Crippen LogP contribution in [0.2, 0.25) is 18.6 Å². The molecule has 5 aromatic rings. The van der Waals surface area contributed by atoms with E-state index in [1.807, 2.05) is 129 Å². The fourth-order valence-electron chi connectivity index (χ4n) is 9.83. The number of carbonyl (C=O) groups is 3. The van der Waals surface area contributed by atoms with E-state index in [0.29, 0.717) is 42.0 Å². The van der Waals surface area contributed by atoms with Crippen molar-refractivity contribution in [3.63, 3.8) is 0 Å². The van der Waals surface area contributed by atoms with Crippen molar-refractivity contribution in [1.82, 2.24) is 4.90 Å². The highest BCUT2D eigenvalue weighted by Crippen LogP contribution is 2.60. The number of hydrogen-bond donors (Lipinski definition) is 2. The van der Waals surface area contributed by atoms with E-state index in [0.717, 1.165) is 33.2 Å². The third kappa shape index (κ3) is 5.19. The quantitative estimate of drug-likeness (QED) is 0.178. The molecular formula is C44H43N3O6Si. The molecule has 1 spiro atoms. The van der Waals surface area contributed by atoms with Gasteiger partial charge in [0.05, 0.1) is 48.7 Å². The summed E-state index contributed by atoms with van der Waals surface area (Å²) < 4.78 is 7.10. The summed E-state index contributed by atoms with van der Waals surface area (Å²) in [5.41, 5.74) is 4.43. The standard InChI is InChI=1S/C44H43N3O6Si/c1-27-41(54(2,3)52)38(23-39(49)45-25-31-14-8-7-13-30(31)21-33(45)26-48)53-44(27)35-22-32(19-20-36(35)46(43(44)51)24-28-11-5-4-6-12-28)47-37-18-10-16-29-15-9-17-34(40(29)37)42(47)50/h4-20,22,27,33,38,41,48,52H,21,23-26H2,1-3H3/t27-,33-,38+,41-,44+/m0/s1. The maximum Gasteiger partial charge on any atom is 0.264 e. The number of aliphatic hydroxyl groups excluding tert-OH is 1. The van der Waals surface area contributed by atoms with Gasteiger partial charge < -0.3 is 24.4 Å². The maximum atomic E-state index is 15.2. The van der Waals surface area contributed by atoms with E-state index in [9.17, 15) is 19.5 Å². The number of aliphatic hydroxyl groups is 1. The molecule has 0 aliphatic carbocycles. The Morgan fingerprint density at radius 3 is 2.35 bits per heavy atom. The molecule has 1 saturated heterocycles. The summed E-state index contributed by atoms with van der Waals surface area (Å²) in [6.07, 6.45) is -0.265. The third-order valence-electron chi connectivity index (χ3n) is 12.2. The second-order valence-corrected chi connectivity index (χ2v) is 19.8. The van der Waals surface area contributed by atoms with Gasteiger partial charge in [-0.3, -0.25) is 19.3 Å². The average Bonchev–Trinajstić information content (AvgIpc) is 3.72.